The van der Waals surface area contributed by atoms with Crippen molar-refractivity contribution >= 4 is 7.60 Å². The van der Waals surface area contributed by atoms with Gasteiger partial charge in [0.2, 0.25) is 0 Å². The zero-order chi connectivity index (χ0) is 17.5. The summed E-state index contributed by atoms with van der Waals surface area (Å²) in [5.41, 5.74) is 1.08. The standard InChI is InChI=1S/C20H16NO3P/c21-15-17-9-7-8-10-18(17)16-25(22,23-19-11-3-1-4-12-19)24-20-13-5-2-6-14-20/h1-14H,16H2. The molecular formula is C20H16NO3P. The van der Waals surface area contributed by atoms with E-state index in [1.165, 1.54) is 0 Å². The van der Waals surface area contributed by atoms with Crippen molar-refractivity contribution in [3.8, 4) is 17.6 Å². The lowest BCUT2D eigenvalue weighted by atomic mass is 10.1. The van der Waals surface area contributed by atoms with E-state index in [9.17, 15) is 9.83 Å². The molecule has 0 saturated heterocycles. The Hall–Kier alpha value is -3.02. The van der Waals surface area contributed by atoms with Crippen LogP contribution in [0.5, 0.6) is 11.5 Å². The third kappa shape index (κ3) is 4.50. The summed E-state index contributed by atoms with van der Waals surface area (Å²) in [7, 11) is -3.58. The van der Waals surface area contributed by atoms with Gasteiger partial charge in [0.1, 0.15) is 11.5 Å². The van der Waals surface area contributed by atoms with Crippen LogP contribution in [0.15, 0.2) is 84.9 Å². The minimum atomic E-state index is -3.58. The molecule has 0 aliphatic heterocycles. The quantitative estimate of drug-likeness (QED) is 0.558. The predicted molar refractivity (Wildman–Crippen MR) is 96.6 cm³/mol. The van der Waals surface area contributed by atoms with Crippen LogP contribution in [0.2, 0.25) is 0 Å². The van der Waals surface area contributed by atoms with E-state index < -0.39 is 7.60 Å². The minimum absolute atomic E-state index is 0.000518. The van der Waals surface area contributed by atoms with Gasteiger partial charge in [-0.3, -0.25) is 0 Å². The molecule has 0 spiro atoms. The van der Waals surface area contributed by atoms with Crippen LogP contribution >= 0.6 is 7.60 Å². The van der Waals surface area contributed by atoms with E-state index in [0.29, 0.717) is 22.6 Å². The first-order valence-corrected chi connectivity index (χ1v) is 9.48. The van der Waals surface area contributed by atoms with Crippen LogP contribution < -0.4 is 9.05 Å². The van der Waals surface area contributed by atoms with Gasteiger partial charge < -0.3 is 9.05 Å². The van der Waals surface area contributed by atoms with Crippen molar-refractivity contribution in [1.29, 1.82) is 5.26 Å². The van der Waals surface area contributed by atoms with Gasteiger partial charge >= 0.3 is 7.60 Å². The molecule has 0 heterocycles. The molecule has 0 radical (unpaired) electrons. The normalized spacial score (nSPS) is 10.7. The average molecular weight is 349 g/mol. The Balaban J connectivity index is 1.93. The molecule has 124 valence electrons. The smallest absolute Gasteiger partial charge is 0.416 e. The molecule has 3 aromatic rings. The first-order valence-electron chi connectivity index (χ1n) is 7.75. The molecule has 0 aliphatic rings. The van der Waals surface area contributed by atoms with Gasteiger partial charge in [-0.05, 0) is 35.9 Å². The third-order valence-electron chi connectivity index (χ3n) is 3.48. The summed E-state index contributed by atoms with van der Waals surface area (Å²) in [6, 6.07) is 26.9. The van der Waals surface area contributed by atoms with Crippen molar-refractivity contribution in [2.45, 2.75) is 6.16 Å². The van der Waals surface area contributed by atoms with Crippen LogP contribution in [0.25, 0.3) is 0 Å². The number of hydrogen-bond donors (Lipinski definition) is 0. The van der Waals surface area contributed by atoms with Crippen molar-refractivity contribution in [1.82, 2.24) is 0 Å². The minimum Gasteiger partial charge on any atom is -0.416 e. The molecule has 0 unspecified atom stereocenters. The van der Waals surface area contributed by atoms with Gasteiger partial charge in [0.05, 0.1) is 17.8 Å². The highest BCUT2D eigenvalue weighted by Gasteiger charge is 2.30. The summed E-state index contributed by atoms with van der Waals surface area (Å²) in [5.74, 6) is 0.910. The van der Waals surface area contributed by atoms with Gasteiger partial charge in [-0.1, -0.05) is 54.6 Å². The second-order valence-electron chi connectivity index (χ2n) is 5.35. The van der Waals surface area contributed by atoms with E-state index in [1.54, 1.807) is 72.8 Å². The maximum Gasteiger partial charge on any atom is 0.435 e. The largest absolute Gasteiger partial charge is 0.435 e. The second-order valence-corrected chi connectivity index (χ2v) is 7.25. The van der Waals surface area contributed by atoms with Gasteiger partial charge in [-0.15, -0.1) is 0 Å². The highest BCUT2D eigenvalue weighted by Crippen LogP contribution is 2.51. The number of nitriles is 1. The fraction of sp³-hybridized carbons (Fsp3) is 0.0500. The number of hydrogen-bond acceptors (Lipinski definition) is 4. The molecule has 0 bridgehead atoms. The van der Waals surface area contributed by atoms with Crippen LogP contribution in [0.4, 0.5) is 0 Å². The maximum absolute atomic E-state index is 13.4. The van der Waals surface area contributed by atoms with Gasteiger partial charge in [0.15, 0.2) is 0 Å². The number of rotatable bonds is 6. The summed E-state index contributed by atoms with van der Waals surface area (Å²) < 4.78 is 24.9. The summed E-state index contributed by atoms with van der Waals surface area (Å²) in [5, 5.41) is 9.27. The fourth-order valence-corrected chi connectivity index (χ4v) is 4.09. The molecule has 0 aromatic heterocycles. The van der Waals surface area contributed by atoms with Crippen molar-refractivity contribution in [2.75, 3.05) is 0 Å². The van der Waals surface area contributed by atoms with E-state index in [1.807, 2.05) is 12.1 Å². The molecule has 5 heteroatoms. The van der Waals surface area contributed by atoms with Crippen LogP contribution in [0.1, 0.15) is 11.1 Å². The van der Waals surface area contributed by atoms with Gasteiger partial charge in [-0.25, -0.2) is 4.57 Å². The fourth-order valence-electron chi connectivity index (χ4n) is 2.34. The Kier molecular flexibility index (Phi) is 5.18. The van der Waals surface area contributed by atoms with Gasteiger partial charge in [-0.2, -0.15) is 5.26 Å². The van der Waals surface area contributed by atoms with Gasteiger partial charge in [0.25, 0.3) is 0 Å². The molecule has 0 N–H and O–H groups in total. The van der Waals surface area contributed by atoms with Crippen LogP contribution in [-0.2, 0) is 10.7 Å². The Morgan fingerprint density at radius 1 is 0.760 bits per heavy atom. The van der Waals surface area contributed by atoms with Crippen molar-refractivity contribution in [3.05, 3.63) is 96.1 Å². The number of para-hydroxylation sites is 2. The molecule has 3 rings (SSSR count). The van der Waals surface area contributed by atoms with Crippen molar-refractivity contribution in [2.24, 2.45) is 0 Å². The maximum atomic E-state index is 13.4. The Labute approximate surface area is 146 Å². The lowest BCUT2D eigenvalue weighted by Crippen LogP contribution is -2.05. The highest BCUT2D eigenvalue weighted by atomic mass is 31.2. The molecule has 4 nitrogen and oxygen atoms in total. The SMILES string of the molecule is N#Cc1ccccc1CP(=O)(Oc1ccccc1)Oc1ccccc1. The summed E-state index contributed by atoms with van der Waals surface area (Å²) >= 11 is 0. The van der Waals surface area contributed by atoms with Gasteiger partial charge in [0, 0.05) is 0 Å². The number of benzene rings is 3. The predicted octanol–water partition coefficient (Wildman–Crippen LogP) is 5.41. The monoisotopic (exact) mass is 349 g/mol. The zero-order valence-corrected chi connectivity index (χ0v) is 14.3. The highest BCUT2D eigenvalue weighted by molar-refractivity contribution is 7.53. The molecule has 0 atom stereocenters. The Morgan fingerprint density at radius 3 is 1.76 bits per heavy atom. The van der Waals surface area contributed by atoms with Crippen molar-refractivity contribution < 1.29 is 13.6 Å². The number of nitrogens with zero attached hydrogens (tertiary/aromatic N) is 1. The molecule has 0 aliphatic carbocycles. The van der Waals surface area contributed by atoms with E-state index in [-0.39, 0.29) is 6.16 Å². The zero-order valence-electron chi connectivity index (χ0n) is 13.4. The molecule has 0 saturated carbocycles. The Morgan fingerprint density at radius 2 is 1.24 bits per heavy atom. The first kappa shape index (κ1) is 16.8. The lowest BCUT2D eigenvalue weighted by molar-refractivity contribution is 0.384. The van der Waals surface area contributed by atoms with E-state index >= 15 is 0 Å². The summed E-state index contributed by atoms with van der Waals surface area (Å²) in [4.78, 5) is 0. The van der Waals surface area contributed by atoms with Crippen LogP contribution in [0.3, 0.4) is 0 Å². The summed E-state index contributed by atoms with van der Waals surface area (Å²) in [6.45, 7) is 0. The average Bonchev–Trinajstić information content (AvgIpc) is 2.63. The molecule has 25 heavy (non-hydrogen) atoms. The second kappa shape index (κ2) is 7.70. The lowest BCUT2D eigenvalue weighted by Gasteiger charge is -2.20. The third-order valence-corrected chi connectivity index (χ3v) is 5.18. The molecule has 0 fully saturated rings. The van der Waals surface area contributed by atoms with Crippen LogP contribution in [0, 0.1) is 11.3 Å². The molecular weight excluding hydrogens is 333 g/mol. The molecule has 0 amide bonds. The van der Waals surface area contributed by atoms with Crippen molar-refractivity contribution in [3.63, 3.8) is 0 Å². The van der Waals surface area contributed by atoms with E-state index in [2.05, 4.69) is 6.07 Å². The summed E-state index contributed by atoms with van der Waals surface area (Å²) in [6.07, 6.45) is 0.000518. The molecule has 3 aromatic carbocycles. The van der Waals surface area contributed by atoms with E-state index in [0.717, 1.165) is 0 Å². The Bertz CT molecular complexity index is 875. The van der Waals surface area contributed by atoms with Crippen LogP contribution in [-0.4, -0.2) is 0 Å². The van der Waals surface area contributed by atoms with E-state index in [4.69, 9.17) is 9.05 Å². The first-order chi connectivity index (χ1) is 12.2. The topological polar surface area (TPSA) is 59.3 Å².